The normalized spacial score (nSPS) is 22.5. The topological polar surface area (TPSA) is 163 Å². The number of nitrogens with one attached hydrogen (secondary N) is 1. The Kier molecular flexibility index (Phi) is 15.7. The number of carbonyl (C=O) groups is 1. The molecule has 0 spiro atoms. The Balaban J connectivity index is 1.75. The molecule has 0 unspecified atom stereocenters. The van der Waals surface area contributed by atoms with Crippen LogP contribution in [0.5, 0.6) is 0 Å². The number of ether oxygens (including phenoxy) is 2. The lowest BCUT2D eigenvalue weighted by Gasteiger charge is -2.40. The summed E-state index contributed by atoms with van der Waals surface area (Å²) in [5.41, 5.74) is -1.68. The first-order valence-corrected chi connectivity index (χ1v) is 26.4. The van der Waals surface area contributed by atoms with Gasteiger partial charge in [0.05, 0.1) is 31.3 Å². The summed E-state index contributed by atoms with van der Waals surface area (Å²) in [4.78, 5) is 29.2. The van der Waals surface area contributed by atoms with Crippen LogP contribution >= 0.6 is 0 Å². The van der Waals surface area contributed by atoms with Crippen LogP contribution in [0.2, 0.25) is 39.3 Å². The number of aliphatic hydroxyl groups is 1. The van der Waals surface area contributed by atoms with E-state index in [1.54, 1.807) is 13.8 Å². The first-order valence-electron chi connectivity index (χ1n) is 17.9. The number of hydrogen-bond acceptors (Lipinski definition) is 11. The van der Waals surface area contributed by atoms with Gasteiger partial charge in [-0.1, -0.05) is 57.8 Å². The van der Waals surface area contributed by atoms with Gasteiger partial charge in [-0.25, -0.2) is 9.59 Å². The van der Waals surface area contributed by atoms with Crippen LogP contribution in [0.25, 0.3) is 0 Å². The van der Waals surface area contributed by atoms with Crippen molar-refractivity contribution in [1.82, 2.24) is 9.55 Å². The molecule has 0 aromatic carbocycles. The molecule has 1 aromatic heterocycles. The summed E-state index contributed by atoms with van der Waals surface area (Å²) in [6.07, 6.45) is 10.9. The Morgan fingerprint density at radius 3 is 2.08 bits per heavy atom. The molecule has 49 heavy (non-hydrogen) atoms. The van der Waals surface area contributed by atoms with Crippen molar-refractivity contribution >= 4 is 37.6 Å². The molecule has 1 saturated heterocycles. The van der Waals surface area contributed by atoms with Gasteiger partial charge in [0.2, 0.25) is 0 Å². The molecule has 13 nitrogen and oxygen atoms in total. The molecule has 1 aliphatic carbocycles. The third-order valence-corrected chi connectivity index (χ3v) is 16.1. The van der Waals surface area contributed by atoms with Crippen molar-refractivity contribution in [3.8, 4) is 6.07 Å². The number of nitrogens with zero attached hydrogens (tertiary/aromatic N) is 3. The van der Waals surface area contributed by atoms with Crippen LogP contribution in [-0.2, 0) is 26.6 Å². The number of nitriles is 1. The monoisotopic (exact) mass is 740 g/mol. The first-order chi connectivity index (χ1) is 22.9. The molecule has 3 rings (SSSR count). The first kappa shape index (κ1) is 41.5. The SMILES string of the molecule is CC(C)(CC#N)OC(=O)Nc1ccn([C@H]2C[C@H](O)[C@@H](CO[Si](OC3CCCCCCCCCCC3)(O[Si](C)(C)C)O[Si](C)(C)C)O2)c(=O)n1. The molecular formula is C33H60N4O9Si3. The lowest BCUT2D eigenvalue weighted by Crippen LogP contribution is -2.61. The lowest BCUT2D eigenvalue weighted by atomic mass is 10.00. The van der Waals surface area contributed by atoms with Gasteiger partial charge < -0.3 is 31.7 Å². The van der Waals surface area contributed by atoms with Crippen molar-refractivity contribution in [3.05, 3.63) is 22.7 Å². The number of aromatic nitrogens is 2. The molecule has 278 valence electrons. The van der Waals surface area contributed by atoms with Gasteiger partial charge in [0.15, 0.2) is 16.6 Å². The van der Waals surface area contributed by atoms with E-state index in [0.29, 0.717) is 0 Å². The van der Waals surface area contributed by atoms with Crippen molar-refractivity contribution in [3.63, 3.8) is 0 Å². The standard InChI is InChI=1S/C33H60N4O9Si3/c1-33(2,21-22-34)43-32(40)36-29-20-23-37(31(39)35-29)30-24-27(38)28(42-30)25-41-49(45-47(3,4)5,46-48(6,7)8)44-26-18-16-14-12-10-9-11-13-15-17-19-26/h20,23,26-28,30,38H,9-19,21,24-25H2,1-8H3,(H,35,36,39,40)/t27-,28+,30+/m0/s1. The van der Waals surface area contributed by atoms with Crippen molar-refractivity contribution < 1.29 is 36.5 Å². The molecule has 1 aromatic rings. The van der Waals surface area contributed by atoms with Crippen molar-refractivity contribution in [2.75, 3.05) is 11.9 Å². The van der Waals surface area contributed by atoms with Crippen LogP contribution in [0.3, 0.4) is 0 Å². The molecule has 3 atom stereocenters. The number of amides is 1. The molecule has 2 N–H and O–H groups in total. The molecule has 1 amide bonds. The van der Waals surface area contributed by atoms with Crippen molar-refractivity contribution in [1.29, 1.82) is 5.26 Å². The number of aliphatic hydroxyl groups excluding tert-OH is 1. The van der Waals surface area contributed by atoms with Crippen LogP contribution in [0, 0.1) is 11.3 Å². The van der Waals surface area contributed by atoms with Gasteiger partial charge in [-0.3, -0.25) is 9.88 Å². The number of anilines is 1. The van der Waals surface area contributed by atoms with Gasteiger partial charge in [-0.15, -0.1) is 0 Å². The van der Waals surface area contributed by atoms with E-state index in [-0.39, 0.29) is 31.4 Å². The summed E-state index contributed by atoms with van der Waals surface area (Å²) >= 11 is 0. The highest BCUT2D eigenvalue weighted by molar-refractivity contribution is 6.83. The Bertz CT molecular complexity index is 1270. The largest absolute Gasteiger partial charge is 0.658 e. The maximum absolute atomic E-state index is 13.0. The van der Waals surface area contributed by atoms with E-state index in [2.05, 4.69) is 49.6 Å². The average molecular weight is 741 g/mol. The van der Waals surface area contributed by atoms with Gasteiger partial charge in [-0.2, -0.15) is 10.2 Å². The molecule has 2 heterocycles. The Hall–Kier alpha value is -1.95. The predicted octanol–water partition coefficient (Wildman–Crippen LogP) is 6.98. The summed E-state index contributed by atoms with van der Waals surface area (Å²) in [6.45, 7) is 15.8. The van der Waals surface area contributed by atoms with E-state index < -0.39 is 61.5 Å². The molecule has 0 bridgehead atoms. The zero-order valence-corrected chi connectivity index (χ0v) is 33.9. The van der Waals surface area contributed by atoms with Crippen molar-refractivity contribution in [2.45, 2.75) is 167 Å². The van der Waals surface area contributed by atoms with E-state index in [4.69, 9.17) is 31.8 Å². The van der Waals surface area contributed by atoms with Crippen LogP contribution in [0.15, 0.2) is 17.1 Å². The second-order valence-corrected chi connectivity index (χ2v) is 27.4. The van der Waals surface area contributed by atoms with Gasteiger partial charge in [0, 0.05) is 12.6 Å². The quantitative estimate of drug-likeness (QED) is 0.201. The number of rotatable bonds is 13. The van der Waals surface area contributed by atoms with E-state index in [9.17, 15) is 14.7 Å². The van der Waals surface area contributed by atoms with E-state index in [0.717, 1.165) is 25.7 Å². The fourth-order valence-electron chi connectivity index (χ4n) is 5.89. The molecule has 1 aliphatic heterocycles. The van der Waals surface area contributed by atoms with E-state index in [1.807, 2.05) is 6.07 Å². The smallest absolute Gasteiger partial charge is 0.442 e. The van der Waals surface area contributed by atoms with Crippen LogP contribution in [0.4, 0.5) is 10.6 Å². The second-order valence-electron chi connectivity index (χ2n) is 15.8. The van der Waals surface area contributed by atoms with Gasteiger partial charge in [-0.05, 0) is 72.0 Å². The Labute approximate surface area is 295 Å². The highest BCUT2D eigenvalue weighted by Gasteiger charge is 2.54. The van der Waals surface area contributed by atoms with Gasteiger partial charge in [0.25, 0.3) is 0 Å². The number of hydrogen-bond donors (Lipinski definition) is 2. The van der Waals surface area contributed by atoms with Crippen molar-refractivity contribution in [2.24, 2.45) is 0 Å². The summed E-state index contributed by atoms with van der Waals surface area (Å²) in [5.74, 6) is -0.0101. The fraction of sp³-hybridized carbons (Fsp3) is 0.818. The minimum absolute atomic E-state index is 0.00647. The summed E-state index contributed by atoms with van der Waals surface area (Å²) in [6, 6.07) is 3.41. The highest BCUT2D eigenvalue weighted by atomic mass is 28.5. The average Bonchev–Trinajstić information content (AvgIpc) is 3.31. The summed E-state index contributed by atoms with van der Waals surface area (Å²) < 4.78 is 39.8. The Morgan fingerprint density at radius 1 is 1.02 bits per heavy atom. The van der Waals surface area contributed by atoms with Gasteiger partial charge >= 0.3 is 20.8 Å². The second kappa shape index (κ2) is 18.5. The van der Waals surface area contributed by atoms with E-state index in [1.165, 1.54) is 61.8 Å². The maximum Gasteiger partial charge on any atom is 0.658 e. The predicted molar refractivity (Wildman–Crippen MR) is 194 cm³/mol. The van der Waals surface area contributed by atoms with Gasteiger partial charge in [0.1, 0.15) is 23.8 Å². The molecule has 1 saturated carbocycles. The van der Waals surface area contributed by atoms with E-state index >= 15 is 0 Å². The van der Waals surface area contributed by atoms with Crippen LogP contribution in [-0.4, -0.2) is 77.0 Å². The highest BCUT2D eigenvalue weighted by Crippen LogP contribution is 2.32. The zero-order valence-electron chi connectivity index (χ0n) is 30.9. The number of carbonyl (C=O) groups excluding carboxylic acids is 1. The molecular weight excluding hydrogens is 681 g/mol. The Morgan fingerprint density at radius 2 is 1.57 bits per heavy atom. The molecule has 2 aliphatic rings. The minimum Gasteiger partial charge on any atom is -0.442 e. The lowest BCUT2D eigenvalue weighted by molar-refractivity contribution is -0.0716. The van der Waals surface area contributed by atoms with Crippen LogP contribution < -0.4 is 11.0 Å². The third kappa shape index (κ3) is 15.1. The molecule has 16 heteroatoms. The third-order valence-electron chi connectivity index (χ3n) is 8.10. The molecule has 0 radical (unpaired) electrons. The summed E-state index contributed by atoms with van der Waals surface area (Å²) in [5, 5.41) is 22.4. The van der Waals surface area contributed by atoms with Crippen LogP contribution in [0.1, 0.15) is 104 Å². The summed E-state index contributed by atoms with van der Waals surface area (Å²) in [7, 11) is -8.19. The zero-order chi connectivity index (χ0) is 36.3. The maximum atomic E-state index is 13.0. The fourth-order valence-corrected chi connectivity index (χ4v) is 14.4. The minimum atomic E-state index is -3.72. The molecule has 2 fully saturated rings.